The van der Waals surface area contributed by atoms with Crippen molar-refractivity contribution in [3.05, 3.63) is 0 Å². The molecule has 0 aromatic carbocycles. The van der Waals surface area contributed by atoms with Gasteiger partial charge < -0.3 is 14.8 Å². The zero-order chi connectivity index (χ0) is 12.3. The molecule has 1 aliphatic carbocycles. The first-order chi connectivity index (χ1) is 8.03. The van der Waals surface area contributed by atoms with Crippen LogP contribution in [0.1, 0.15) is 25.7 Å². The van der Waals surface area contributed by atoms with E-state index in [2.05, 4.69) is 5.32 Å². The maximum atomic E-state index is 12.0. The molecule has 100 valence electrons. The van der Waals surface area contributed by atoms with Crippen molar-refractivity contribution < 1.29 is 22.6 Å². The SMILES string of the molecule is FC(F)(F)COC1CCCC(NC2COC2)C1. The minimum Gasteiger partial charge on any atom is -0.378 e. The Morgan fingerprint density at radius 2 is 1.94 bits per heavy atom. The molecule has 6 heteroatoms. The Morgan fingerprint density at radius 1 is 1.18 bits per heavy atom. The molecule has 17 heavy (non-hydrogen) atoms. The van der Waals surface area contributed by atoms with E-state index in [1.807, 2.05) is 0 Å². The monoisotopic (exact) mass is 253 g/mol. The van der Waals surface area contributed by atoms with Crippen molar-refractivity contribution in [3.63, 3.8) is 0 Å². The number of ether oxygens (including phenoxy) is 2. The van der Waals surface area contributed by atoms with Crippen LogP contribution in [0.25, 0.3) is 0 Å². The molecule has 2 rings (SSSR count). The zero-order valence-electron chi connectivity index (χ0n) is 9.63. The summed E-state index contributed by atoms with van der Waals surface area (Å²) in [5.41, 5.74) is 0. The van der Waals surface area contributed by atoms with E-state index >= 15 is 0 Å². The van der Waals surface area contributed by atoms with Gasteiger partial charge >= 0.3 is 6.18 Å². The summed E-state index contributed by atoms with van der Waals surface area (Å²) in [7, 11) is 0. The van der Waals surface area contributed by atoms with E-state index in [0.717, 1.165) is 19.3 Å². The second-order valence-electron chi connectivity index (χ2n) is 4.81. The lowest BCUT2D eigenvalue weighted by Gasteiger charge is -2.36. The average Bonchev–Trinajstić information content (AvgIpc) is 2.20. The molecule has 1 N–H and O–H groups in total. The van der Waals surface area contributed by atoms with Gasteiger partial charge in [-0.25, -0.2) is 0 Å². The summed E-state index contributed by atoms with van der Waals surface area (Å²) in [4.78, 5) is 0. The molecule has 1 aliphatic heterocycles. The van der Waals surface area contributed by atoms with Crippen LogP contribution in [0.2, 0.25) is 0 Å². The Labute approximate surface area is 98.7 Å². The molecule has 2 aliphatic rings. The van der Waals surface area contributed by atoms with Gasteiger partial charge in [-0.3, -0.25) is 0 Å². The second kappa shape index (κ2) is 5.54. The molecule has 0 amide bonds. The van der Waals surface area contributed by atoms with Gasteiger partial charge in [-0.15, -0.1) is 0 Å². The number of alkyl halides is 3. The smallest absolute Gasteiger partial charge is 0.378 e. The minimum absolute atomic E-state index is 0.260. The van der Waals surface area contributed by atoms with Crippen molar-refractivity contribution in [2.75, 3.05) is 19.8 Å². The highest BCUT2D eigenvalue weighted by Crippen LogP contribution is 2.24. The Kier molecular flexibility index (Phi) is 4.27. The van der Waals surface area contributed by atoms with Crippen molar-refractivity contribution in [2.24, 2.45) is 0 Å². The van der Waals surface area contributed by atoms with Crippen LogP contribution in [0.3, 0.4) is 0 Å². The predicted octanol–water partition coefficient (Wildman–Crippen LogP) is 1.86. The number of hydrogen-bond acceptors (Lipinski definition) is 3. The first-order valence-electron chi connectivity index (χ1n) is 6.05. The first kappa shape index (κ1) is 13.1. The molecule has 3 nitrogen and oxygen atoms in total. The van der Waals surface area contributed by atoms with Crippen LogP contribution in [0, 0.1) is 0 Å². The zero-order valence-corrected chi connectivity index (χ0v) is 9.63. The molecule has 0 aromatic rings. The third-order valence-corrected chi connectivity index (χ3v) is 3.22. The standard InChI is InChI=1S/C11H18F3NO2/c12-11(13,14)7-17-10-3-1-2-8(4-10)15-9-5-16-6-9/h8-10,15H,1-7H2. The van der Waals surface area contributed by atoms with E-state index in [1.54, 1.807) is 0 Å². The minimum atomic E-state index is -4.22. The highest BCUT2D eigenvalue weighted by molar-refractivity contribution is 4.84. The quantitative estimate of drug-likeness (QED) is 0.829. The maximum Gasteiger partial charge on any atom is 0.411 e. The van der Waals surface area contributed by atoms with Crippen LogP contribution in [-0.4, -0.2) is 44.2 Å². The Bertz CT molecular complexity index is 243. The molecule has 2 unspecified atom stereocenters. The van der Waals surface area contributed by atoms with Gasteiger partial charge in [-0.1, -0.05) is 0 Å². The Morgan fingerprint density at radius 3 is 2.53 bits per heavy atom. The van der Waals surface area contributed by atoms with Crippen LogP contribution in [0.5, 0.6) is 0 Å². The van der Waals surface area contributed by atoms with Gasteiger partial charge in [0.25, 0.3) is 0 Å². The van der Waals surface area contributed by atoms with E-state index in [4.69, 9.17) is 9.47 Å². The van der Waals surface area contributed by atoms with E-state index in [0.29, 0.717) is 25.7 Å². The summed E-state index contributed by atoms with van der Waals surface area (Å²) in [6.45, 7) is 0.298. The van der Waals surface area contributed by atoms with Crippen LogP contribution >= 0.6 is 0 Å². The van der Waals surface area contributed by atoms with Gasteiger partial charge in [-0.05, 0) is 25.7 Å². The summed E-state index contributed by atoms with van der Waals surface area (Å²) in [5.74, 6) is 0. The molecule has 1 heterocycles. The van der Waals surface area contributed by atoms with Crippen LogP contribution < -0.4 is 5.32 Å². The van der Waals surface area contributed by atoms with Crippen molar-refractivity contribution in [2.45, 2.75) is 50.0 Å². The largest absolute Gasteiger partial charge is 0.411 e. The third kappa shape index (κ3) is 4.44. The lowest BCUT2D eigenvalue weighted by Crippen LogP contribution is -2.52. The van der Waals surface area contributed by atoms with E-state index in [-0.39, 0.29) is 12.1 Å². The van der Waals surface area contributed by atoms with Crippen molar-refractivity contribution >= 4 is 0 Å². The van der Waals surface area contributed by atoms with E-state index < -0.39 is 12.8 Å². The molecule has 2 fully saturated rings. The molecule has 0 bridgehead atoms. The number of halogens is 3. The molecular weight excluding hydrogens is 235 g/mol. The molecule has 0 aromatic heterocycles. The number of rotatable bonds is 4. The molecule has 1 saturated carbocycles. The summed E-state index contributed by atoms with van der Waals surface area (Å²) in [6, 6.07) is 0.650. The van der Waals surface area contributed by atoms with Gasteiger partial charge in [0.05, 0.1) is 25.4 Å². The fourth-order valence-electron chi connectivity index (χ4n) is 2.33. The van der Waals surface area contributed by atoms with E-state index in [1.165, 1.54) is 0 Å². The fraction of sp³-hybridized carbons (Fsp3) is 1.00. The summed E-state index contributed by atoms with van der Waals surface area (Å²) >= 11 is 0. The predicted molar refractivity (Wildman–Crippen MR) is 55.8 cm³/mol. The van der Waals surface area contributed by atoms with Gasteiger partial charge in [0.2, 0.25) is 0 Å². The average molecular weight is 253 g/mol. The summed E-state index contributed by atoms with van der Waals surface area (Å²) < 4.78 is 46.0. The topological polar surface area (TPSA) is 30.5 Å². The highest BCUT2D eigenvalue weighted by Gasteiger charge is 2.32. The Hall–Kier alpha value is -0.330. The highest BCUT2D eigenvalue weighted by atomic mass is 19.4. The van der Waals surface area contributed by atoms with Gasteiger partial charge in [-0.2, -0.15) is 13.2 Å². The van der Waals surface area contributed by atoms with Crippen LogP contribution in [0.4, 0.5) is 13.2 Å². The lowest BCUT2D eigenvalue weighted by molar-refractivity contribution is -0.188. The summed E-state index contributed by atoms with van der Waals surface area (Å²) in [5, 5.41) is 3.40. The summed E-state index contributed by atoms with van der Waals surface area (Å²) in [6.07, 6.45) is -1.13. The van der Waals surface area contributed by atoms with Crippen LogP contribution in [0.15, 0.2) is 0 Å². The van der Waals surface area contributed by atoms with E-state index in [9.17, 15) is 13.2 Å². The van der Waals surface area contributed by atoms with Gasteiger partial charge in [0.15, 0.2) is 0 Å². The normalized spacial score (nSPS) is 31.2. The number of hydrogen-bond donors (Lipinski definition) is 1. The molecule has 0 spiro atoms. The lowest BCUT2D eigenvalue weighted by atomic mass is 9.92. The van der Waals surface area contributed by atoms with Crippen molar-refractivity contribution in [1.82, 2.24) is 5.32 Å². The Balaban J connectivity index is 1.68. The van der Waals surface area contributed by atoms with Crippen LogP contribution in [-0.2, 0) is 9.47 Å². The van der Waals surface area contributed by atoms with Crippen molar-refractivity contribution in [3.8, 4) is 0 Å². The molecular formula is C11H18F3NO2. The molecule has 0 radical (unpaired) electrons. The molecule has 1 saturated heterocycles. The number of nitrogens with one attached hydrogen (secondary N) is 1. The third-order valence-electron chi connectivity index (χ3n) is 3.22. The van der Waals surface area contributed by atoms with Gasteiger partial charge in [0, 0.05) is 6.04 Å². The second-order valence-corrected chi connectivity index (χ2v) is 4.81. The van der Waals surface area contributed by atoms with Gasteiger partial charge in [0.1, 0.15) is 6.61 Å². The first-order valence-corrected chi connectivity index (χ1v) is 6.05. The van der Waals surface area contributed by atoms with Crippen molar-refractivity contribution in [1.29, 1.82) is 0 Å². The fourth-order valence-corrected chi connectivity index (χ4v) is 2.33. The maximum absolute atomic E-state index is 12.0. The molecule has 2 atom stereocenters.